The number of carboxylic acids is 1. The second-order valence-electron chi connectivity index (χ2n) is 5.77. The Bertz CT molecular complexity index is 726. The Morgan fingerprint density at radius 2 is 2.17 bits per heavy atom. The number of amides is 1. The molecule has 0 radical (unpaired) electrons. The lowest BCUT2D eigenvalue weighted by Crippen LogP contribution is -2.46. The molecule has 7 heteroatoms. The number of aromatic nitrogens is 1. The van der Waals surface area contributed by atoms with E-state index >= 15 is 0 Å². The molecule has 0 aliphatic carbocycles. The van der Waals surface area contributed by atoms with Gasteiger partial charge in [0.1, 0.15) is 11.8 Å². The highest BCUT2D eigenvalue weighted by Gasteiger charge is 2.26. The van der Waals surface area contributed by atoms with Crippen LogP contribution in [-0.2, 0) is 11.2 Å². The van der Waals surface area contributed by atoms with Crippen LogP contribution < -0.4 is 15.8 Å². The first-order valence-corrected chi connectivity index (χ1v) is 7.98. The van der Waals surface area contributed by atoms with Crippen molar-refractivity contribution in [1.82, 2.24) is 10.3 Å². The van der Waals surface area contributed by atoms with E-state index in [0.717, 1.165) is 16.5 Å². The number of aromatic amines is 1. The van der Waals surface area contributed by atoms with Crippen molar-refractivity contribution in [2.24, 2.45) is 11.7 Å². The maximum atomic E-state index is 12.2. The van der Waals surface area contributed by atoms with Gasteiger partial charge in [-0.05, 0) is 36.6 Å². The number of aliphatic carboxylic acids is 1. The predicted molar refractivity (Wildman–Crippen MR) is 91.1 cm³/mol. The minimum absolute atomic E-state index is 0.203. The maximum Gasteiger partial charge on any atom is 0.413 e. The van der Waals surface area contributed by atoms with Gasteiger partial charge in [-0.2, -0.15) is 0 Å². The number of carbonyl (C=O) groups excluding carboxylic acids is 1. The number of nitrogens with one attached hydrogen (secondary N) is 2. The first-order chi connectivity index (χ1) is 11.5. The zero-order valence-electron chi connectivity index (χ0n) is 13.8. The van der Waals surface area contributed by atoms with Gasteiger partial charge in [-0.25, -0.2) is 9.59 Å². The van der Waals surface area contributed by atoms with E-state index in [1.54, 1.807) is 19.1 Å². The normalized spacial score (nSPS) is 13.5. The lowest BCUT2D eigenvalue weighted by molar-refractivity contribution is -0.140. The third-order valence-electron chi connectivity index (χ3n) is 4.12. The molecule has 2 aromatic rings. The van der Waals surface area contributed by atoms with Gasteiger partial charge in [-0.15, -0.1) is 0 Å². The van der Waals surface area contributed by atoms with Crippen molar-refractivity contribution in [2.45, 2.75) is 32.7 Å². The van der Waals surface area contributed by atoms with Gasteiger partial charge >= 0.3 is 12.1 Å². The summed E-state index contributed by atoms with van der Waals surface area (Å²) in [5.41, 5.74) is 7.40. The monoisotopic (exact) mass is 333 g/mol. The lowest BCUT2D eigenvalue weighted by atomic mass is 10.00. The number of rotatable bonds is 7. The third kappa shape index (κ3) is 3.86. The fraction of sp³-hybridized carbons (Fsp3) is 0.412. The molecule has 0 bridgehead atoms. The Kier molecular flexibility index (Phi) is 5.81. The number of H-pyrrole nitrogens is 1. The molecule has 1 amide bonds. The molecule has 1 aromatic heterocycles. The summed E-state index contributed by atoms with van der Waals surface area (Å²) in [5, 5.41) is 12.5. The second kappa shape index (κ2) is 7.83. The molecule has 0 spiro atoms. The van der Waals surface area contributed by atoms with Crippen LogP contribution in [0.15, 0.2) is 24.4 Å². The van der Waals surface area contributed by atoms with Crippen LogP contribution in [0.1, 0.15) is 25.8 Å². The molecule has 0 aliphatic rings. The summed E-state index contributed by atoms with van der Waals surface area (Å²) < 4.78 is 5.37. The molecule has 2 rings (SSSR count). The summed E-state index contributed by atoms with van der Waals surface area (Å²) in [5.74, 6) is -0.904. The average molecular weight is 333 g/mol. The number of ether oxygens (including phenoxy) is 1. The van der Waals surface area contributed by atoms with E-state index < -0.39 is 18.1 Å². The smallest absolute Gasteiger partial charge is 0.413 e. The van der Waals surface area contributed by atoms with E-state index in [-0.39, 0.29) is 5.92 Å². The first-order valence-electron chi connectivity index (χ1n) is 7.98. The molecular weight excluding hydrogens is 310 g/mol. The number of hydrogen-bond acceptors (Lipinski definition) is 4. The summed E-state index contributed by atoms with van der Waals surface area (Å²) >= 11 is 0. The SMILES string of the molecule is CC[C@@H](C)[C@@H](NC(=O)Oc1cccc2[nH]cc(CCN)c12)C(=O)O. The van der Waals surface area contributed by atoms with Crippen molar-refractivity contribution in [3.05, 3.63) is 30.0 Å². The van der Waals surface area contributed by atoms with E-state index in [9.17, 15) is 14.7 Å². The standard InChI is InChI=1S/C17H23N3O4/c1-3-10(2)15(16(21)22)20-17(23)24-13-6-4-5-12-14(13)11(7-8-18)9-19-12/h4-6,9-10,15,19H,3,7-8,18H2,1-2H3,(H,20,23)(H,21,22)/t10-,15-/m1/s1. The third-order valence-corrected chi connectivity index (χ3v) is 4.12. The van der Waals surface area contributed by atoms with Crippen molar-refractivity contribution in [1.29, 1.82) is 0 Å². The molecule has 0 fully saturated rings. The number of nitrogens with two attached hydrogens (primary N) is 1. The van der Waals surface area contributed by atoms with Crippen LogP contribution in [0.3, 0.4) is 0 Å². The molecule has 2 atom stereocenters. The Labute approximate surface area is 140 Å². The Balaban J connectivity index is 2.21. The molecule has 0 saturated heterocycles. The molecule has 7 nitrogen and oxygen atoms in total. The first kappa shape index (κ1) is 17.8. The van der Waals surface area contributed by atoms with Crippen LogP contribution in [0.2, 0.25) is 0 Å². The molecule has 1 aromatic carbocycles. The molecule has 5 N–H and O–H groups in total. The minimum Gasteiger partial charge on any atom is -0.480 e. The number of hydrogen-bond donors (Lipinski definition) is 4. The van der Waals surface area contributed by atoms with Crippen molar-refractivity contribution in [2.75, 3.05) is 6.54 Å². The summed E-state index contributed by atoms with van der Waals surface area (Å²) in [6.45, 7) is 4.11. The Morgan fingerprint density at radius 1 is 1.42 bits per heavy atom. The van der Waals surface area contributed by atoms with Crippen molar-refractivity contribution >= 4 is 23.0 Å². The highest BCUT2D eigenvalue weighted by molar-refractivity contribution is 5.91. The highest BCUT2D eigenvalue weighted by Crippen LogP contribution is 2.29. The van der Waals surface area contributed by atoms with Crippen LogP contribution in [0, 0.1) is 5.92 Å². The van der Waals surface area contributed by atoms with Crippen LogP contribution in [0.4, 0.5) is 4.79 Å². The second-order valence-corrected chi connectivity index (χ2v) is 5.77. The molecule has 0 unspecified atom stereocenters. The zero-order valence-corrected chi connectivity index (χ0v) is 13.8. The quantitative estimate of drug-likeness (QED) is 0.620. The van der Waals surface area contributed by atoms with E-state index in [4.69, 9.17) is 10.5 Å². The van der Waals surface area contributed by atoms with Crippen LogP contribution in [0.5, 0.6) is 5.75 Å². The fourth-order valence-corrected chi connectivity index (χ4v) is 2.60. The molecule has 0 aliphatic heterocycles. The van der Waals surface area contributed by atoms with Crippen LogP contribution >= 0.6 is 0 Å². The molecular formula is C17H23N3O4. The van der Waals surface area contributed by atoms with E-state index in [1.165, 1.54) is 0 Å². The molecule has 130 valence electrons. The van der Waals surface area contributed by atoms with E-state index in [0.29, 0.717) is 25.1 Å². The Morgan fingerprint density at radius 3 is 2.79 bits per heavy atom. The molecule has 0 saturated carbocycles. The number of fused-ring (bicyclic) bond motifs is 1. The van der Waals surface area contributed by atoms with Crippen LogP contribution in [0.25, 0.3) is 10.9 Å². The van der Waals surface area contributed by atoms with Gasteiger partial charge < -0.3 is 25.9 Å². The minimum atomic E-state index is -1.08. The van der Waals surface area contributed by atoms with Gasteiger partial charge in [0.15, 0.2) is 0 Å². The van der Waals surface area contributed by atoms with Crippen molar-refractivity contribution < 1.29 is 19.4 Å². The molecule has 24 heavy (non-hydrogen) atoms. The number of carboxylic acid groups (broad SMARTS) is 1. The summed E-state index contributed by atoms with van der Waals surface area (Å²) in [4.78, 5) is 26.6. The topological polar surface area (TPSA) is 117 Å². The van der Waals surface area contributed by atoms with E-state index in [1.807, 2.05) is 19.2 Å². The summed E-state index contributed by atoms with van der Waals surface area (Å²) in [7, 11) is 0. The van der Waals surface area contributed by atoms with E-state index in [2.05, 4.69) is 10.3 Å². The maximum absolute atomic E-state index is 12.2. The van der Waals surface area contributed by atoms with Gasteiger partial charge in [0, 0.05) is 17.1 Å². The summed E-state index contributed by atoms with van der Waals surface area (Å²) in [6, 6.07) is 4.32. The average Bonchev–Trinajstić information content (AvgIpc) is 2.96. The number of carbonyl (C=O) groups is 2. The van der Waals surface area contributed by atoms with Gasteiger partial charge in [-0.1, -0.05) is 26.3 Å². The van der Waals surface area contributed by atoms with Crippen molar-refractivity contribution in [3.63, 3.8) is 0 Å². The largest absolute Gasteiger partial charge is 0.480 e. The van der Waals surface area contributed by atoms with Crippen LogP contribution in [-0.4, -0.2) is 34.7 Å². The van der Waals surface area contributed by atoms with Gasteiger partial charge in [0.05, 0.1) is 0 Å². The highest BCUT2D eigenvalue weighted by atomic mass is 16.6. The zero-order chi connectivity index (χ0) is 17.7. The van der Waals surface area contributed by atoms with Crippen molar-refractivity contribution in [3.8, 4) is 5.75 Å². The van der Waals surface area contributed by atoms with Gasteiger partial charge in [0.2, 0.25) is 0 Å². The number of benzene rings is 1. The van der Waals surface area contributed by atoms with Gasteiger partial charge in [-0.3, -0.25) is 0 Å². The molecule has 1 heterocycles. The van der Waals surface area contributed by atoms with Gasteiger partial charge in [0.25, 0.3) is 0 Å². The lowest BCUT2D eigenvalue weighted by Gasteiger charge is -2.19. The summed E-state index contributed by atoms with van der Waals surface area (Å²) in [6.07, 6.45) is 2.33. The fourth-order valence-electron chi connectivity index (χ4n) is 2.60. The predicted octanol–water partition coefficient (Wildman–Crippen LogP) is 2.26. The Hall–Kier alpha value is -2.54.